The molecule has 1 heterocycles. The van der Waals surface area contributed by atoms with E-state index >= 15 is 0 Å². The molecule has 0 saturated heterocycles. The molecule has 3 rings (SSSR count). The SMILES string of the molecule is Cc1ccc(S(=O)(=O)NCC#CCOc2cccc3ccccc23)s1. The van der Waals surface area contributed by atoms with Crippen LogP contribution in [0.15, 0.2) is 58.8 Å². The monoisotopic (exact) mass is 371 g/mol. The third kappa shape index (κ3) is 4.40. The van der Waals surface area contributed by atoms with Crippen LogP contribution < -0.4 is 9.46 Å². The van der Waals surface area contributed by atoms with Crippen molar-refractivity contribution < 1.29 is 13.2 Å². The number of thiophene rings is 1. The van der Waals surface area contributed by atoms with E-state index in [1.54, 1.807) is 12.1 Å². The molecule has 0 saturated carbocycles. The molecule has 4 nitrogen and oxygen atoms in total. The van der Waals surface area contributed by atoms with Crippen LogP contribution in [0, 0.1) is 18.8 Å². The van der Waals surface area contributed by atoms with Gasteiger partial charge in [-0.1, -0.05) is 48.2 Å². The van der Waals surface area contributed by atoms with Gasteiger partial charge in [-0.05, 0) is 30.5 Å². The molecule has 0 fully saturated rings. The van der Waals surface area contributed by atoms with Gasteiger partial charge >= 0.3 is 0 Å². The Labute approximate surface area is 151 Å². The van der Waals surface area contributed by atoms with Gasteiger partial charge in [-0.15, -0.1) is 11.3 Å². The molecular weight excluding hydrogens is 354 g/mol. The van der Waals surface area contributed by atoms with E-state index in [0.717, 1.165) is 21.4 Å². The molecule has 0 atom stereocenters. The van der Waals surface area contributed by atoms with Crippen molar-refractivity contribution in [2.75, 3.05) is 13.2 Å². The normalized spacial score (nSPS) is 11.1. The van der Waals surface area contributed by atoms with Crippen LogP contribution in [0.3, 0.4) is 0 Å². The number of sulfonamides is 1. The number of fused-ring (bicyclic) bond motifs is 1. The van der Waals surface area contributed by atoms with Gasteiger partial charge in [0.1, 0.15) is 16.6 Å². The molecule has 3 aromatic rings. The largest absolute Gasteiger partial charge is 0.480 e. The average Bonchev–Trinajstić information content (AvgIpc) is 3.05. The summed E-state index contributed by atoms with van der Waals surface area (Å²) < 4.78 is 32.6. The summed E-state index contributed by atoms with van der Waals surface area (Å²) in [6.07, 6.45) is 0. The molecule has 2 aromatic carbocycles. The molecule has 0 aliphatic heterocycles. The number of benzene rings is 2. The van der Waals surface area contributed by atoms with Crippen molar-refractivity contribution in [2.45, 2.75) is 11.1 Å². The molecule has 0 radical (unpaired) electrons. The number of hydrogen-bond donors (Lipinski definition) is 1. The maximum atomic E-state index is 12.0. The Kier molecular flexibility index (Phi) is 5.39. The van der Waals surface area contributed by atoms with Crippen molar-refractivity contribution in [1.82, 2.24) is 4.72 Å². The quantitative estimate of drug-likeness (QED) is 0.698. The summed E-state index contributed by atoms with van der Waals surface area (Å²) in [4.78, 5) is 0.954. The van der Waals surface area contributed by atoms with E-state index in [0.29, 0.717) is 4.21 Å². The maximum absolute atomic E-state index is 12.0. The lowest BCUT2D eigenvalue weighted by molar-refractivity contribution is 0.374. The molecule has 0 spiro atoms. The lowest BCUT2D eigenvalue weighted by Gasteiger charge is -2.06. The highest BCUT2D eigenvalue weighted by Crippen LogP contribution is 2.24. The molecule has 25 heavy (non-hydrogen) atoms. The Morgan fingerprint density at radius 3 is 2.64 bits per heavy atom. The molecule has 128 valence electrons. The minimum atomic E-state index is -3.48. The Balaban J connectivity index is 1.55. The fourth-order valence-corrected chi connectivity index (χ4v) is 4.56. The van der Waals surface area contributed by atoms with Crippen molar-refractivity contribution in [1.29, 1.82) is 0 Å². The molecule has 0 bridgehead atoms. The van der Waals surface area contributed by atoms with Gasteiger partial charge in [0.15, 0.2) is 0 Å². The lowest BCUT2D eigenvalue weighted by atomic mass is 10.1. The highest BCUT2D eigenvalue weighted by Gasteiger charge is 2.14. The van der Waals surface area contributed by atoms with Crippen molar-refractivity contribution in [3.63, 3.8) is 0 Å². The average molecular weight is 371 g/mol. The van der Waals surface area contributed by atoms with Crippen LogP contribution in [-0.2, 0) is 10.0 Å². The summed E-state index contributed by atoms with van der Waals surface area (Å²) in [5.41, 5.74) is 0. The van der Waals surface area contributed by atoms with Crippen LogP contribution in [0.2, 0.25) is 0 Å². The van der Waals surface area contributed by atoms with Crippen molar-refractivity contribution in [2.24, 2.45) is 0 Å². The van der Waals surface area contributed by atoms with E-state index in [9.17, 15) is 8.42 Å². The first-order valence-corrected chi connectivity index (χ1v) is 9.99. The predicted octanol–water partition coefficient (Wildman–Crippen LogP) is 3.57. The van der Waals surface area contributed by atoms with E-state index in [-0.39, 0.29) is 13.2 Å². The van der Waals surface area contributed by atoms with E-state index in [1.807, 2.05) is 49.4 Å². The smallest absolute Gasteiger partial charge is 0.250 e. The second-order valence-electron chi connectivity index (χ2n) is 5.31. The molecular formula is C19H17NO3S2. The first-order valence-electron chi connectivity index (χ1n) is 7.69. The van der Waals surface area contributed by atoms with Gasteiger partial charge in [0.25, 0.3) is 10.0 Å². The van der Waals surface area contributed by atoms with Crippen molar-refractivity contribution in [3.05, 3.63) is 59.5 Å². The Bertz CT molecular complexity index is 1040. The number of hydrogen-bond acceptors (Lipinski definition) is 4. The van der Waals surface area contributed by atoms with Crippen molar-refractivity contribution >= 4 is 32.1 Å². The van der Waals surface area contributed by atoms with Gasteiger partial charge < -0.3 is 4.74 Å². The van der Waals surface area contributed by atoms with Gasteiger partial charge in [-0.2, -0.15) is 4.72 Å². The molecule has 0 unspecified atom stereocenters. The fourth-order valence-electron chi connectivity index (χ4n) is 2.31. The van der Waals surface area contributed by atoms with E-state index in [2.05, 4.69) is 16.6 Å². The third-order valence-corrected chi connectivity index (χ3v) is 6.40. The molecule has 1 aromatic heterocycles. The van der Waals surface area contributed by atoms with Crippen LogP contribution in [0.1, 0.15) is 4.88 Å². The third-order valence-electron chi connectivity index (χ3n) is 3.51. The fraction of sp³-hybridized carbons (Fsp3) is 0.158. The van der Waals surface area contributed by atoms with E-state index in [4.69, 9.17) is 4.74 Å². The second kappa shape index (κ2) is 7.70. The number of aryl methyl sites for hydroxylation is 1. The molecule has 0 aliphatic carbocycles. The summed E-state index contributed by atoms with van der Waals surface area (Å²) in [7, 11) is -3.48. The van der Waals surface area contributed by atoms with Gasteiger partial charge in [-0.3, -0.25) is 0 Å². The summed E-state index contributed by atoms with van der Waals surface area (Å²) in [6, 6.07) is 17.2. The maximum Gasteiger partial charge on any atom is 0.250 e. The first kappa shape index (κ1) is 17.5. The summed E-state index contributed by atoms with van der Waals surface area (Å²) in [5.74, 6) is 6.37. The molecule has 0 amide bonds. The second-order valence-corrected chi connectivity index (χ2v) is 8.59. The number of rotatable bonds is 5. The zero-order valence-corrected chi connectivity index (χ0v) is 15.3. The van der Waals surface area contributed by atoms with Crippen LogP contribution in [0.25, 0.3) is 10.8 Å². The van der Waals surface area contributed by atoms with E-state index in [1.165, 1.54) is 11.3 Å². The molecule has 0 aliphatic rings. The summed E-state index contributed by atoms with van der Waals surface area (Å²) in [6.45, 7) is 2.13. The summed E-state index contributed by atoms with van der Waals surface area (Å²) >= 11 is 1.24. The Morgan fingerprint density at radius 2 is 1.84 bits per heavy atom. The first-order chi connectivity index (χ1) is 12.1. The minimum absolute atomic E-state index is 0.0537. The Hall–Kier alpha value is -2.33. The number of ether oxygens (including phenoxy) is 1. The van der Waals surface area contributed by atoms with Gasteiger partial charge in [0.05, 0.1) is 6.54 Å². The van der Waals surface area contributed by atoms with Crippen molar-refractivity contribution in [3.8, 4) is 17.6 Å². The molecule has 1 N–H and O–H groups in total. The van der Waals surface area contributed by atoms with Crippen LogP contribution >= 0.6 is 11.3 Å². The highest BCUT2D eigenvalue weighted by molar-refractivity contribution is 7.91. The molecule has 6 heteroatoms. The Morgan fingerprint density at radius 1 is 1.04 bits per heavy atom. The van der Waals surface area contributed by atoms with Crippen LogP contribution in [-0.4, -0.2) is 21.6 Å². The van der Waals surface area contributed by atoms with Gasteiger partial charge in [0, 0.05) is 10.3 Å². The number of nitrogens with one attached hydrogen (secondary N) is 1. The van der Waals surface area contributed by atoms with Gasteiger partial charge in [-0.25, -0.2) is 8.42 Å². The topological polar surface area (TPSA) is 55.4 Å². The highest BCUT2D eigenvalue weighted by atomic mass is 32.2. The standard InChI is InChI=1S/C19H17NO3S2/c1-15-11-12-19(24-15)25(21,22)20-13-4-5-14-23-18-10-6-8-16-7-2-3-9-17(16)18/h2-3,6-12,20H,13-14H2,1H3. The lowest BCUT2D eigenvalue weighted by Crippen LogP contribution is -2.23. The zero-order valence-electron chi connectivity index (χ0n) is 13.7. The minimum Gasteiger partial charge on any atom is -0.480 e. The van der Waals surface area contributed by atoms with Crippen LogP contribution in [0.4, 0.5) is 0 Å². The van der Waals surface area contributed by atoms with E-state index < -0.39 is 10.0 Å². The van der Waals surface area contributed by atoms with Gasteiger partial charge in [0.2, 0.25) is 0 Å². The predicted molar refractivity (Wildman–Crippen MR) is 101 cm³/mol. The van der Waals surface area contributed by atoms with Crippen LogP contribution in [0.5, 0.6) is 5.75 Å². The zero-order chi connectivity index (χ0) is 17.7. The summed E-state index contributed by atoms with van der Waals surface area (Å²) in [5, 5.41) is 2.13.